The largest absolute Gasteiger partial charge is 0.362 e. The van der Waals surface area contributed by atoms with Crippen molar-refractivity contribution in [3.05, 3.63) is 41.7 Å². The molecule has 0 saturated carbocycles. The molecule has 2 aromatic rings. The number of nitrogens with zero attached hydrogens (tertiary/aromatic N) is 2. The Bertz CT molecular complexity index is 755. The van der Waals surface area contributed by atoms with E-state index in [1.807, 2.05) is 0 Å². The number of halogens is 2. The highest BCUT2D eigenvalue weighted by Gasteiger charge is 2.37. The molecule has 6 nitrogen and oxygen atoms in total. The number of aromatic nitrogens is 1. The van der Waals surface area contributed by atoms with E-state index in [0.717, 1.165) is 17.0 Å². The average molecular weight is 321 g/mol. The highest BCUT2D eigenvalue weighted by Crippen LogP contribution is 2.30. The van der Waals surface area contributed by atoms with Crippen molar-refractivity contribution in [3.8, 4) is 0 Å². The third-order valence-corrected chi connectivity index (χ3v) is 3.69. The van der Waals surface area contributed by atoms with E-state index in [4.69, 9.17) is 4.52 Å². The number of aryl methyl sites for hydroxylation is 1. The highest BCUT2D eigenvalue weighted by atomic mass is 19.1. The maximum atomic E-state index is 13.8. The van der Waals surface area contributed by atoms with Crippen LogP contribution in [-0.4, -0.2) is 23.5 Å². The molecule has 1 aromatic carbocycles. The van der Waals surface area contributed by atoms with Crippen molar-refractivity contribution >= 4 is 23.3 Å². The Hall–Kier alpha value is -2.77. The monoisotopic (exact) mass is 321 g/mol. The lowest BCUT2D eigenvalue weighted by molar-refractivity contribution is -0.122. The number of hydrogen-bond acceptors (Lipinski definition) is 4. The van der Waals surface area contributed by atoms with E-state index in [0.29, 0.717) is 5.56 Å². The Morgan fingerprint density at radius 1 is 1.39 bits per heavy atom. The second-order valence-corrected chi connectivity index (χ2v) is 5.31. The summed E-state index contributed by atoms with van der Waals surface area (Å²) in [6.07, 6.45) is 1.24. The van der Waals surface area contributed by atoms with Crippen molar-refractivity contribution in [2.45, 2.75) is 13.3 Å². The fourth-order valence-corrected chi connectivity index (χ4v) is 2.47. The quantitative estimate of drug-likeness (QED) is 0.941. The molecule has 0 aliphatic carbocycles. The summed E-state index contributed by atoms with van der Waals surface area (Å²) in [5, 5.41) is 6.17. The zero-order valence-corrected chi connectivity index (χ0v) is 12.2. The predicted molar refractivity (Wildman–Crippen MR) is 76.7 cm³/mol. The molecule has 8 heteroatoms. The van der Waals surface area contributed by atoms with E-state index in [2.05, 4.69) is 10.5 Å². The van der Waals surface area contributed by atoms with Crippen LogP contribution >= 0.6 is 0 Å². The number of anilines is 2. The number of para-hydroxylation sites is 1. The molecule has 2 amide bonds. The summed E-state index contributed by atoms with van der Waals surface area (Å²) in [5.41, 5.74) is 0.213. The Morgan fingerprint density at radius 3 is 2.70 bits per heavy atom. The minimum atomic E-state index is -0.841. The van der Waals surface area contributed by atoms with Crippen molar-refractivity contribution in [2.24, 2.45) is 5.92 Å². The van der Waals surface area contributed by atoms with Crippen LogP contribution in [0, 0.1) is 24.5 Å². The van der Waals surface area contributed by atoms with Gasteiger partial charge < -0.3 is 14.7 Å². The third kappa shape index (κ3) is 2.79. The summed E-state index contributed by atoms with van der Waals surface area (Å²) in [6.45, 7) is 1.60. The van der Waals surface area contributed by atoms with Gasteiger partial charge in [-0.1, -0.05) is 11.2 Å². The van der Waals surface area contributed by atoms with Gasteiger partial charge in [0, 0.05) is 18.5 Å². The first-order chi connectivity index (χ1) is 11.0. The van der Waals surface area contributed by atoms with E-state index in [1.54, 1.807) is 6.92 Å². The number of rotatable bonds is 3. The van der Waals surface area contributed by atoms with E-state index in [-0.39, 0.29) is 18.8 Å². The number of benzene rings is 1. The zero-order chi connectivity index (χ0) is 16.6. The number of amides is 2. The number of carbonyl (C=O) groups excluding carboxylic acids is 2. The minimum absolute atomic E-state index is 0.0978. The van der Waals surface area contributed by atoms with E-state index in [1.165, 1.54) is 12.3 Å². The second kappa shape index (κ2) is 5.79. The van der Waals surface area contributed by atoms with Crippen LogP contribution in [0.3, 0.4) is 0 Å². The first-order valence-corrected chi connectivity index (χ1v) is 6.93. The normalized spacial score (nSPS) is 17.6. The van der Waals surface area contributed by atoms with Crippen LogP contribution in [0.4, 0.5) is 20.3 Å². The summed E-state index contributed by atoms with van der Waals surface area (Å²) in [5.74, 6) is -3.10. The molecule has 2 heterocycles. The van der Waals surface area contributed by atoms with Crippen molar-refractivity contribution in [2.75, 3.05) is 16.8 Å². The molecule has 1 aromatic heterocycles. The van der Waals surface area contributed by atoms with Crippen LogP contribution < -0.4 is 10.2 Å². The van der Waals surface area contributed by atoms with Crippen LogP contribution in [0.2, 0.25) is 0 Å². The van der Waals surface area contributed by atoms with E-state index in [9.17, 15) is 18.4 Å². The molecule has 0 bridgehead atoms. The van der Waals surface area contributed by atoms with Crippen LogP contribution in [0.5, 0.6) is 0 Å². The minimum Gasteiger partial charge on any atom is -0.362 e. The van der Waals surface area contributed by atoms with Gasteiger partial charge in [0.2, 0.25) is 11.8 Å². The Balaban J connectivity index is 1.77. The Morgan fingerprint density at radius 2 is 2.09 bits per heavy atom. The molecule has 0 radical (unpaired) electrons. The zero-order valence-electron chi connectivity index (χ0n) is 12.2. The summed E-state index contributed by atoms with van der Waals surface area (Å²) in [7, 11) is 0. The fraction of sp³-hybridized carbons (Fsp3) is 0.267. The first kappa shape index (κ1) is 15.1. The van der Waals surface area contributed by atoms with Crippen LogP contribution in [0.1, 0.15) is 12.0 Å². The molecule has 1 aliphatic heterocycles. The summed E-state index contributed by atoms with van der Waals surface area (Å²) >= 11 is 0. The van der Waals surface area contributed by atoms with Gasteiger partial charge >= 0.3 is 0 Å². The second-order valence-electron chi connectivity index (χ2n) is 5.31. The maximum Gasteiger partial charge on any atom is 0.231 e. The van der Waals surface area contributed by atoms with Gasteiger partial charge in [0.15, 0.2) is 5.82 Å². The average Bonchev–Trinajstić information content (AvgIpc) is 3.06. The van der Waals surface area contributed by atoms with Crippen molar-refractivity contribution in [1.29, 1.82) is 0 Å². The lowest BCUT2D eigenvalue weighted by atomic mass is 10.1. The molecule has 0 spiro atoms. The van der Waals surface area contributed by atoms with Gasteiger partial charge in [-0.05, 0) is 19.1 Å². The van der Waals surface area contributed by atoms with Gasteiger partial charge in [-0.2, -0.15) is 0 Å². The van der Waals surface area contributed by atoms with Gasteiger partial charge in [0.25, 0.3) is 0 Å². The summed E-state index contributed by atoms with van der Waals surface area (Å²) < 4.78 is 32.3. The van der Waals surface area contributed by atoms with Crippen LogP contribution in [-0.2, 0) is 9.59 Å². The first-order valence-electron chi connectivity index (χ1n) is 6.93. The van der Waals surface area contributed by atoms with Gasteiger partial charge in [0.05, 0.1) is 5.92 Å². The van der Waals surface area contributed by atoms with Gasteiger partial charge in [-0.15, -0.1) is 0 Å². The summed E-state index contributed by atoms with van der Waals surface area (Å²) in [6, 6.07) is 3.35. The summed E-state index contributed by atoms with van der Waals surface area (Å²) in [4.78, 5) is 25.2. The van der Waals surface area contributed by atoms with Gasteiger partial charge in [0.1, 0.15) is 23.6 Å². The van der Waals surface area contributed by atoms with Crippen molar-refractivity contribution < 1.29 is 22.9 Å². The molecular formula is C15H13F2N3O3. The molecule has 0 unspecified atom stereocenters. The molecule has 3 rings (SSSR count). The maximum absolute atomic E-state index is 13.8. The lowest BCUT2D eigenvalue weighted by Crippen LogP contribution is -2.29. The van der Waals surface area contributed by atoms with Crippen LogP contribution in [0.25, 0.3) is 0 Å². The predicted octanol–water partition coefficient (Wildman–Crippen LogP) is 2.25. The number of nitrogens with one attached hydrogen (secondary N) is 1. The standard InChI is InChI=1S/C15H13F2N3O3/c1-8-7-23-19-14(8)18-15(22)9-5-12(21)20(6-9)13-10(16)3-2-4-11(13)17/h2-4,7,9H,5-6H2,1H3,(H,18,19,22)/t9-/m0/s1. The fourth-order valence-electron chi connectivity index (χ4n) is 2.47. The van der Waals surface area contributed by atoms with Gasteiger partial charge in [-0.25, -0.2) is 8.78 Å². The van der Waals surface area contributed by atoms with Crippen molar-refractivity contribution in [3.63, 3.8) is 0 Å². The third-order valence-electron chi connectivity index (χ3n) is 3.69. The van der Waals surface area contributed by atoms with E-state index < -0.39 is 35.1 Å². The molecule has 1 aliphatic rings. The van der Waals surface area contributed by atoms with Crippen LogP contribution in [0.15, 0.2) is 29.0 Å². The topological polar surface area (TPSA) is 75.4 Å². The SMILES string of the molecule is Cc1conc1NC(=O)[C@H]1CC(=O)N(c2c(F)cccc2F)C1. The molecule has 1 fully saturated rings. The highest BCUT2D eigenvalue weighted by molar-refractivity contribution is 6.03. The molecule has 1 atom stereocenters. The molecular weight excluding hydrogens is 308 g/mol. The Kier molecular flexibility index (Phi) is 3.81. The van der Waals surface area contributed by atoms with Crippen molar-refractivity contribution in [1.82, 2.24) is 5.16 Å². The number of carbonyl (C=O) groups is 2. The molecule has 23 heavy (non-hydrogen) atoms. The molecule has 1 saturated heterocycles. The van der Waals surface area contributed by atoms with Gasteiger partial charge in [-0.3, -0.25) is 9.59 Å². The smallest absolute Gasteiger partial charge is 0.231 e. The van der Waals surface area contributed by atoms with E-state index >= 15 is 0 Å². The lowest BCUT2D eigenvalue weighted by Gasteiger charge is -2.18. The molecule has 1 N–H and O–H groups in total. The molecule has 120 valence electrons. The Labute approximate surface area is 130 Å². The number of hydrogen-bond donors (Lipinski definition) is 1.